The molecule has 1 aromatic heterocycles. The fourth-order valence-electron chi connectivity index (χ4n) is 5.64. The standard InChI is InChI=1S/C35H32N2O3/c38-34(37-39-24-25-12-4-1-5-13-25)30-20-10-14-26(23-30)22-29-19-11-21-31(29)35-36-32(27-15-6-2-7-16-27)33(40-35)28-17-8-3-9-18-28/h1-10,12-18,20,23,29,31H,11,19,21-22,24H2,(H,37,38). The minimum absolute atomic E-state index is 0.228. The summed E-state index contributed by atoms with van der Waals surface area (Å²) in [7, 11) is 0. The van der Waals surface area contributed by atoms with E-state index in [1.165, 1.54) is 0 Å². The predicted molar refractivity (Wildman–Crippen MR) is 156 cm³/mol. The molecule has 0 bridgehead atoms. The second kappa shape index (κ2) is 12.1. The molecule has 0 saturated heterocycles. The van der Waals surface area contributed by atoms with Gasteiger partial charge in [-0.3, -0.25) is 9.63 Å². The van der Waals surface area contributed by atoms with Crippen molar-refractivity contribution >= 4 is 5.91 Å². The zero-order valence-electron chi connectivity index (χ0n) is 22.3. The van der Waals surface area contributed by atoms with Crippen molar-refractivity contribution in [2.75, 3.05) is 0 Å². The molecule has 0 aliphatic heterocycles. The number of amides is 1. The molecule has 1 fully saturated rings. The summed E-state index contributed by atoms with van der Waals surface area (Å²) in [6.07, 6.45) is 4.14. The molecule has 200 valence electrons. The third-order valence-corrected chi connectivity index (χ3v) is 7.64. The van der Waals surface area contributed by atoms with E-state index < -0.39 is 0 Å². The van der Waals surface area contributed by atoms with E-state index in [1.807, 2.05) is 84.9 Å². The van der Waals surface area contributed by atoms with Crippen molar-refractivity contribution in [3.63, 3.8) is 0 Å². The minimum Gasteiger partial charge on any atom is -0.440 e. The maximum Gasteiger partial charge on any atom is 0.274 e. The lowest BCUT2D eigenvalue weighted by Gasteiger charge is -2.17. The van der Waals surface area contributed by atoms with Crippen LogP contribution in [0.3, 0.4) is 0 Å². The summed E-state index contributed by atoms with van der Waals surface area (Å²) in [6, 6.07) is 38.1. The molecule has 0 radical (unpaired) electrons. The Bertz CT molecular complexity index is 1490. The average molecular weight is 529 g/mol. The first-order valence-corrected chi connectivity index (χ1v) is 13.9. The van der Waals surface area contributed by atoms with Crippen LogP contribution in [0.15, 0.2) is 120 Å². The van der Waals surface area contributed by atoms with Crippen molar-refractivity contribution in [2.24, 2.45) is 5.92 Å². The highest BCUT2D eigenvalue weighted by Crippen LogP contribution is 2.44. The van der Waals surface area contributed by atoms with Gasteiger partial charge < -0.3 is 4.42 Å². The van der Waals surface area contributed by atoms with Crippen LogP contribution in [-0.4, -0.2) is 10.9 Å². The third-order valence-electron chi connectivity index (χ3n) is 7.64. The summed E-state index contributed by atoms with van der Waals surface area (Å²) in [5, 5.41) is 0. The van der Waals surface area contributed by atoms with E-state index in [9.17, 15) is 4.79 Å². The van der Waals surface area contributed by atoms with Gasteiger partial charge in [0.05, 0.1) is 6.61 Å². The van der Waals surface area contributed by atoms with Gasteiger partial charge in [0.1, 0.15) is 5.69 Å². The SMILES string of the molecule is O=C(NOCc1ccccc1)c1cccc(CC2CCCC2c2nc(-c3ccccc3)c(-c3ccccc3)o2)c1. The Morgan fingerprint density at radius 3 is 2.23 bits per heavy atom. The molecular weight excluding hydrogens is 496 g/mol. The summed E-state index contributed by atoms with van der Waals surface area (Å²) in [5.41, 5.74) is 8.28. The summed E-state index contributed by atoms with van der Waals surface area (Å²) >= 11 is 0. The molecule has 6 rings (SSSR count). The lowest BCUT2D eigenvalue weighted by molar-refractivity contribution is 0.0233. The van der Waals surface area contributed by atoms with Crippen molar-refractivity contribution in [2.45, 2.75) is 38.2 Å². The fraction of sp³-hybridized carbons (Fsp3) is 0.200. The number of hydroxylamine groups is 1. The topological polar surface area (TPSA) is 64.4 Å². The second-order valence-electron chi connectivity index (χ2n) is 10.4. The quantitative estimate of drug-likeness (QED) is 0.197. The lowest BCUT2D eigenvalue weighted by atomic mass is 9.89. The molecule has 0 spiro atoms. The summed E-state index contributed by atoms with van der Waals surface area (Å²) in [4.78, 5) is 23.3. The molecule has 1 aliphatic carbocycles. The number of carbonyl (C=O) groups is 1. The van der Waals surface area contributed by atoms with Crippen LogP contribution in [0.2, 0.25) is 0 Å². The Labute approximate surface area is 234 Å². The maximum atomic E-state index is 12.8. The number of benzene rings is 4. The van der Waals surface area contributed by atoms with Crippen LogP contribution in [0, 0.1) is 5.92 Å². The van der Waals surface area contributed by atoms with Crippen LogP contribution in [0.25, 0.3) is 22.6 Å². The van der Waals surface area contributed by atoms with Gasteiger partial charge in [-0.1, -0.05) is 110 Å². The lowest BCUT2D eigenvalue weighted by Crippen LogP contribution is -2.23. The molecule has 1 heterocycles. The highest BCUT2D eigenvalue weighted by atomic mass is 16.6. The van der Waals surface area contributed by atoms with Crippen molar-refractivity contribution < 1.29 is 14.0 Å². The summed E-state index contributed by atoms with van der Waals surface area (Å²) in [6.45, 7) is 0.322. The van der Waals surface area contributed by atoms with Crippen LogP contribution in [0.1, 0.15) is 52.6 Å². The largest absolute Gasteiger partial charge is 0.440 e. The molecule has 4 aromatic carbocycles. The first-order valence-electron chi connectivity index (χ1n) is 13.9. The van der Waals surface area contributed by atoms with Crippen LogP contribution >= 0.6 is 0 Å². The Balaban J connectivity index is 1.18. The van der Waals surface area contributed by atoms with Gasteiger partial charge in [0.15, 0.2) is 11.7 Å². The molecule has 40 heavy (non-hydrogen) atoms. The number of hydrogen-bond donors (Lipinski definition) is 1. The van der Waals surface area contributed by atoms with Crippen LogP contribution in [-0.2, 0) is 17.9 Å². The van der Waals surface area contributed by atoms with E-state index >= 15 is 0 Å². The molecular formula is C35H32N2O3. The number of nitrogens with zero attached hydrogens (tertiary/aromatic N) is 1. The number of rotatable bonds is 9. The Hall–Kier alpha value is -4.48. The Morgan fingerprint density at radius 2 is 1.48 bits per heavy atom. The highest BCUT2D eigenvalue weighted by molar-refractivity contribution is 5.93. The average Bonchev–Trinajstić information content (AvgIpc) is 3.66. The molecule has 2 unspecified atom stereocenters. The van der Waals surface area contributed by atoms with Gasteiger partial charge in [-0.15, -0.1) is 0 Å². The second-order valence-corrected chi connectivity index (χ2v) is 10.4. The van der Waals surface area contributed by atoms with Gasteiger partial charge >= 0.3 is 0 Å². The van der Waals surface area contributed by atoms with Crippen molar-refractivity contribution in [1.82, 2.24) is 10.5 Å². The van der Waals surface area contributed by atoms with Gasteiger partial charge in [-0.05, 0) is 48.4 Å². The molecule has 1 aliphatic rings. The van der Waals surface area contributed by atoms with Crippen LogP contribution in [0.4, 0.5) is 0 Å². The van der Waals surface area contributed by atoms with Crippen LogP contribution < -0.4 is 5.48 Å². The predicted octanol–water partition coefficient (Wildman–Crippen LogP) is 8.00. The van der Waals surface area contributed by atoms with Gasteiger partial charge in [0.25, 0.3) is 5.91 Å². The first-order chi connectivity index (χ1) is 19.7. The fourth-order valence-corrected chi connectivity index (χ4v) is 5.64. The van der Waals surface area contributed by atoms with E-state index in [0.717, 1.165) is 65.3 Å². The van der Waals surface area contributed by atoms with Crippen molar-refractivity contribution in [1.29, 1.82) is 0 Å². The van der Waals surface area contributed by atoms with Crippen molar-refractivity contribution in [3.8, 4) is 22.6 Å². The van der Waals surface area contributed by atoms with Gasteiger partial charge in [0, 0.05) is 22.6 Å². The molecule has 2 atom stereocenters. The normalized spacial score (nSPS) is 16.6. The first kappa shape index (κ1) is 25.8. The molecule has 5 nitrogen and oxygen atoms in total. The molecule has 1 saturated carbocycles. The van der Waals surface area contributed by atoms with E-state index in [2.05, 4.69) is 35.8 Å². The van der Waals surface area contributed by atoms with Crippen molar-refractivity contribution in [3.05, 3.63) is 138 Å². The number of carbonyl (C=O) groups excluding carboxylic acids is 1. The summed E-state index contributed by atoms with van der Waals surface area (Å²) in [5.74, 6) is 2.00. The molecule has 5 aromatic rings. The van der Waals surface area contributed by atoms with E-state index in [4.69, 9.17) is 14.2 Å². The van der Waals surface area contributed by atoms with Gasteiger partial charge in [-0.2, -0.15) is 0 Å². The smallest absolute Gasteiger partial charge is 0.274 e. The third kappa shape index (κ3) is 5.90. The Kier molecular flexibility index (Phi) is 7.83. The summed E-state index contributed by atoms with van der Waals surface area (Å²) < 4.78 is 6.56. The highest BCUT2D eigenvalue weighted by Gasteiger charge is 2.33. The Morgan fingerprint density at radius 1 is 0.800 bits per heavy atom. The van der Waals surface area contributed by atoms with E-state index in [0.29, 0.717) is 18.1 Å². The van der Waals surface area contributed by atoms with E-state index in [-0.39, 0.29) is 11.8 Å². The number of hydrogen-bond acceptors (Lipinski definition) is 4. The minimum atomic E-state index is -0.242. The monoisotopic (exact) mass is 528 g/mol. The molecule has 1 amide bonds. The number of aromatic nitrogens is 1. The zero-order valence-corrected chi connectivity index (χ0v) is 22.3. The zero-order chi connectivity index (χ0) is 27.1. The number of oxazole rings is 1. The van der Waals surface area contributed by atoms with Gasteiger partial charge in [-0.25, -0.2) is 10.5 Å². The molecule has 5 heteroatoms. The van der Waals surface area contributed by atoms with E-state index in [1.54, 1.807) is 0 Å². The molecule has 1 N–H and O–H groups in total. The maximum absolute atomic E-state index is 12.8. The van der Waals surface area contributed by atoms with Gasteiger partial charge in [0.2, 0.25) is 0 Å². The van der Waals surface area contributed by atoms with Crippen LogP contribution in [0.5, 0.6) is 0 Å². The number of nitrogens with one attached hydrogen (secondary N) is 1.